The van der Waals surface area contributed by atoms with Gasteiger partial charge in [0, 0.05) is 28.7 Å². The third-order valence-corrected chi connectivity index (χ3v) is 4.24. The van der Waals surface area contributed by atoms with E-state index in [-0.39, 0.29) is 23.8 Å². The fraction of sp³-hybridized carbons (Fsp3) is 0.200. The Hall–Kier alpha value is -3.15. The van der Waals surface area contributed by atoms with Gasteiger partial charge in [0.05, 0.1) is 6.42 Å². The lowest BCUT2D eigenvalue weighted by atomic mass is 10.1. The van der Waals surface area contributed by atoms with Crippen molar-refractivity contribution in [1.82, 2.24) is 4.98 Å². The summed E-state index contributed by atoms with van der Waals surface area (Å²) >= 11 is 0. The maximum Gasteiger partial charge on any atom is 0.352 e. The predicted octanol–water partition coefficient (Wildman–Crippen LogP) is 3.99. The van der Waals surface area contributed by atoms with Crippen LogP contribution in [0.3, 0.4) is 0 Å². The van der Waals surface area contributed by atoms with E-state index in [0.717, 1.165) is 6.42 Å². The second-order valence-electron chi connectivity index (χ2n) is 6.03. The summed E-state index contributed by atoms with van der Waals surface area (Å²) in [5.74, 6) is -1.71. The number of carbonyl (C=O) groups is 2. The second-order valence-corrected chi connectivity index (χ2v) is 6.03. The molecule has 1 heterocycles. The van der Waals surface area contributed by atoms with Crippen molar-refractivity contribution in [3.05, 3.63) is 65.6 Å². The number of hydrogen-bond acceptors (Lipinski definition) is 2. The molecule has 1 amide bonds. The molecule has 0 unspecified atom stereocenters. The first-order valence-electron chi connectivity index (χ1n) is 8.40. The predicted molar refractivity (Wildman–Crippen MR) is 98.0 cm³/mol. The van der Waals surface area contributed by atoms with Gasteiger partial charge in [0.2, 0.25) is 5.91 Å². The zero-order chi connectivity index (χ0) is 18.7. The van der Waals surface area contributed by atoms with Gasteiger partial charge in [-0.15, -0.1) is 0 Å². The lowest BCUT2D eigenvalue weighted by Crippen LogP contribution is -2.33. The number of carbonyl (C=O) groups excluding carboxylic acids is 1. The summed E-state index contributed by atoms with van der Waals surface area (Å²) in [6, 6.07) is 12.9. The maximum absolute atomic E-state index is 13.2. The Morgan fingerprint density at radius 3 is 2.46 bits per heavy atom. The molecular weight excluding hydrogens is 335 g/mol. The molecule has 6 heteroatoms. The maximum atomic E-state index is 13.2. The van der Waals surface area contributed by atoms with E-state index in [1.54, 1.807) is 41.3 Å². The summed E-state index contributed by atoms with van der Waals surface area (Å²) in [5, 5.41) is 10.2. The fourth-order valence-corrected chi connectivity index (χ4v) is 3.06. The van der Waals surface area contributed by atoms with Gasteiger partial charge in [-0.3, -0.25) is 4.79 Å². The highest BCUT2D eigenvalue weighted by molar-refractivity contribution is 6.03. The molecule has 0 spiro atoms. The zero-order valence-corrected chi connectivity index (χ0v) is 14.3. The van der Waals surface area contributed by atoms with Crippen LogP contribution >= 0.6 is 0 Å². The van der Waals surface area contributed by atoms with Crippen LogP contribution in [0.4, 0.5) is 10.1 Å². The minimum absolute atomic E-state index is 0.0232. The minimum Gasteiger partial charge on any atom is -0.477 e. The van der Waals surface area contributed by atoms with Gasteiger partial charge in [0.15, 0.2) is 0 Å². The van der Waals surface area contributed by atoms with Crippen LogP contribution in [0.1, 0.15) is 29.4 Å². The zero-order valence-electron chi connectivity index (χ0n) is 14.3. The number of carboxylic acids is 1. The van der Waals surface area contributed by atoms with E-state index in [2.05, 4.69) is 4.98 Å². The normalized spacial score (nSPS) is 10.8. The average molecular weight is 354 g/mol. The number of amides is 1. The van der Waals surface area contributed by atoms with Crippen LogP contribution in [-0.2, 0) is 11.2 Å². The second kappa shape index (κ2) is 7.39. The number of nitrogens with one attached hydrogen (secondary N) is 1. The minimum atomic E-state index is -1.10. The number of aromatic carboxylic acids is 1. The van der Waals surface area contributed by atoms with Gasteiger partial charge in [0.1, 0.15) is 11.5 Å². The highest BCUT2D eigenvalue weighted by Gasteiger charge is 2.22. The van der Waals surface area contributed by atoms with E-state index >= 15 is 0 Å². The first-order chi connectivity index (χ1) is 12.5. The molecule has 3 aromatic rings. The molecule has 2 aromatic carbocycles. The van der Waals surface area contributed by atoms with Crippen LogP contribution in [0.2, 0.25) is 0 Å². The Morgan fingerprint density at radius 2 is 1.81 bits per heavy atom. The van der Waals surface area contributed by atoms with E-state index in [0.29, 0.717) is 28.7 Å². The number of aromatic nitrogens is 1. The summed E-state index contributed by atoms with van der Waals surface area (Å²) in [5.41, 5.74) is 1.75. The van der Waals surface area contributed by atoms with Gasteiger partial charge in [-0.05, 0) is 36.8 Å². The summed E-state index contributed by atoms with van der Waals surface area (Å²) in [4.78, 5) is 28.9. The topological polar surface area (TPSA) is 73.4 Å². The summed E-state index contributed by atoms with van der Waals surface area (Å²) in [6.07, 6.45) is 0.672. The molecule has 0 bridgehead atoms. The number of halogens is 1. The number of anilines is 1. The molecule has 2 N–H and O–H groups in total. The van der Waals surface area contributed by atoms with Crippen molar-refractivity contribution < 1.29 is 19.1 Å². The first kappa shape index (κ1) is 17.7. The number of hydrogen-bond donors (Lipinski definition) is 2. The highest BCUT2D eigenvalue weighted by atomic mass is 19.1. The number of para-hydroxylation sites is 1. The summed E-state index contributed by atoms with van der Waals surface area (Å²) < 4.78 is 13.2. The SMILES string of the molecule is CCCN(C(=O)Cc1c(C(=O)O)[nH]c2ccccc12)c1ccc(F)cc1. The molecule has 1 aromatic heterocycles. The van der Waals surface area contributed by atoms with Crippen LogP contribution in [0.5, 0.6) is 0 Å². The van der Waals surface area contributed by atoms with Gasteiger partial charge < -0.3 is 15.0 Å². The van der Waals surface area contributed by atoms with E-state index in [4.69, 9.17) is 0 Å². The lowest BCUT2D eigenvalue weighted by Gasteiger charge is -2.22. The van der Waals surface area contributed by atoms with Gasteiger partial charge in [0.25, 0.3) is 0 Å². The molecular formula is C20H19FN2O3. The Bertz CT molecular complexity index is 947. The van der Waals surface area contributed by atoms with Crippen molar-refractivity contribution in [2.24, 2.45) is 0 Å². The smallest absolute Gasteiger partial charge is 0.352 e. The standard InChI is InChI=1S/C20H19FN2O3/c1-2-11-23(14-9-7-13(21)8-10-14)18(24)12-16-15-5-3-4-6-17(15)22-19(16)20(25)26/h3-10,22H,2,11-12H2,1H3,(H,25,26). The molecule has 3 rings (SSSR count). The third-order valence-electron chi connectivity index (χ3n) is 4.24. The van der Waals surface area contributed by atoms with E-state index in [1.807, 2.05) is 6.92 Å². The number of H-pyrrole nitrogens is 1. The molecule has 0 fully saturated rings. The van der Waals surface area contributed by atoms with Gasteiger partial charge in [-0.25, -0.2) is 9.18 Å². The van der Waals surface area contributed by atoms with E-state index in [1.165, 1.54) is 12.1 Å². The summed E-state index contributed by atoms with van der Waals surface area (Å²) in [6.45, 7) is 2.41. The molecule has 0 aliphatic carbocycles. The molecule has 0 atom stereocenters. The third kappa shape index (κ3) is 3.44. The molecule has 0 radical (unpaired) electrons. The van der Waals surface area contributed by atoms with Crippen LogP contribution in [0.15, 0.2) is 48.5 Å². The van der Waals surface area contributed by atoms with Crippen LogP contribution in [0.25, 0.3) is 10.9 Å². The van der Waals surface area contributed by atoms with Gasteiger partial charge in [-0.2, -0.15) is 0 Å². The number of rotatable bonds is 6. The van der Waals surface area contributed by atoms with E-state index in [9.17, 15) is 19.1 Å². The Balaban J connectivity index is 1.97. The Kier molecular flexibility index (Phi) is 5.02. The quantitative estimate of drug-likeness (QED) is 0.703. The number of fused-ring (bicyclic) bond motifs is 1. The Morgan fingerprint density at radius 1 is 1.12 bits per heavy atom. The van der Waals surface area contributed by atoms with Gasteiger partial charge >= 0.3 is 5.97 Å². The van der Waals surface area contributed by atoms with Crippen LogP contribution < -0.4 is 4.90 Å². The molecule has 0 saturated carbocycles. The highest BCUT2D eigenvalue weighted by Crippen LogP contribution is 2.25. The van der Waals surface area contributed by atoms with Crippen molar-refractivity contribution in [3.8, 4) is 0 Å². The fourth-order valence-electron chi connectivity index (χ4n) is 3.06. The number of carboxylic acid groups (broad SMARTS) is 1. The monoisotopic (exact) mass is 354 g/mol. The molecule has 5 nitrogen and oxygen atoms in total. The van der Waals surface area contributed by atoms with E-state index < -0.39 is 5.97 Å². The van der Waals surface area contributed by atoms with Crippen LogP contribution in [-0.4, -0.2) is 28.5 Å². The molecule has 134 valence electrons. The molecule has 26 heavy (non-hydrogen) atoms. The van der Waals surface area contributed by atoms with Crippen molar-refractivity contribution in [3.63, 3.8) is 0 Å². The van der Waals surface area contributed by atoms with Crippen molar-refractivity contribution in [1.29, 1.82) is 0 Å². The van der Waals surface area contributed by atoms with Crippen molar-refractivity contribution in [2.45, 2.75) is 19.8 Å². The van der Waals surface area contributed by atoms with Crippen molar-refractivity contribution in [2.75, 3.05) is 11.4 Å². The van der Waals surface area contributed by atoms with Crippen molar-refractivity contribution >= 4 is 28.5 Å². The Labute approximate surface area is 150 Å². The largest absolute Gasteiger partial charge is 0.477 e. The average Bonchev–Trinajstić information content (AvgIpc) is 2.99. The molecule has 0 saturated heterocycles. The summed E-state index contributed by atoms with van der Waals surface area (Å²) in [7, 11) is 0. The van der Waals surface area contributed by atoms with Gasteiger partial charge in [-0.1, -0.05) is 25.1 Å². The number of aromatic amines is 1. The molecule has 0 aliphatic heterocycles. The van der Waals surface area contributed by atoms with Crippen LogP contribution in [0, 0.1) is 5.82 Å². The lowest BCUT2D eigenvalue weighted by molar-refractivity contribution is -0.118. The number of benzene rings is 2. The molecule has 0 aliphatic rings. The number of nitrogens with zero attached hydrogens (tertiary/aromatic N) is 1. The first-order valence-corrected chi connectivity index (χ1v) is 8.40.